The first kappa shape index (κ1) is 23.8. The molecule has 1 aliphatic heterocycles. The molecule has 2 N–H and O–H groups in total. The monoisotopic (exact) mass is 477 g/mol. The highest BCUT2D eigenvalue weighted by atomic mass is 32.1. The van der Waals surface area contributed by atoms with E-state index in [1.165, 1.54) is 17.0 Å². The average molecular weight is 478 g/mol. The van der Waals surface area contributed by atoms with Gasteiger partial charge in [0, 0.05) is 42.3 Å². The highest BCUT2D eigenvalue weighted by molar-refractivity contribution is 7.80. The van der Waals surface area contributed by atoms with Crippen LogP contribution in [0.15, 0.2) is 48.7 Å². The zero-order chi connectivity index (χ0) is 24.4. The van der Waals surface area contributed by atoms with Crippen LogP contribution >= 0.6 is 12.2 Å². The number of benzene rings is 1. The van der Waals surface area contributed by atoms with Crippen molar-refractivity contribution in [1.82, 2.24) is 14.9 Å². The molecule has 1 aromatic carbocycles. The van der Waals surface area contributed by atoms with Crippen LogP contribution in [0, 0.1) is 13.8 Å². The number of nitrogens with one attached hydrogen (secondary N) is 2. The quantitative estimate of drug-likeness (QED) is 0.464. The van der Waals surface area contributed by atoms with E-state index in [0.717, 1.165) is 17.9 Å². The lowest BCUT2D eigenvalue weighted by molar-refractivity contribution is -0.115. The summed E-state index contributed by atoms with van der Waals surface area (Å²) in [6.45, 7) is 9.17. The number of pyridine rings is 1. The Kier molecular flexibility index (Phi) is 6.88. The van der Waals surface area contributed by atoms with E-state index >= 15 is 0 Å². The van der Waals surface area contributed by atoms with Gasteiger partial charge in [-0.05, 0) is 68.9 Å². The summed E-state index contributed by atoms with van der Waals surface area (Å²) in [6.07, 6.45) is 2.20. The Hall–Kier alpha value is -3.39. The van der Waals surface area contributed by atoms with Crippen LogP contribution in [0.5, 0.6) is 5.75 Å². The van der Waals surface area contributed by atoms with Gasteiger partial charge in [-0.3, -0.25) is 9.78 Å². The molecule has 8 heteroatoms. The molecular weight excluding hydrogens is 446 g/mol. The fourth-order valence-corrected chi connectivity index (χ4v) is 5.08. The molecule has 7 nitrogen and oxygen atoms in total. The van der Waals surface area contributed by atoms with Gasteiger partial charge in [-0.25, -0.2) is 0 Å². The lowest BCUT2D eigenvalue weighted by Gasteiger charge is -2.28. The fraction of sp³-hybridized carbons (Fsp3) is 0.346. The molecule has 2 atom stereocenters. The fourth-order valence-electron chi connectivity index (χ4n) is 4.73. The first-order chi connectivity index (χ1) is 16.4. The molecule has 2 aromatic heterocycles. The summed E-state index contributed by atoms with van der Waals surface area (Å²) in [5.74, 6) is 0.519. The van der Waals surface area contributed by atoms with Gasteiger partial charge in [0.05, 0.1) is 30.6 Å². The third-order valence-electron chi connectivity index (χ3n) is 6.40. The molecule has 0 radical (unpaired) electrons. The largest absolute Gasteiger partial charge is 0.494 e. The van der Waals surface area contributed by atoms with Crippen molar-refractivity contribution in [3.8, 4) is 5.75 Å². The number of aryl methyl sites for hydroxylation is 1. The number of anilines is 2. The third-order valence-corrected chi connectivity index (χ3v) is 6.72. The molecule has 0 aliphatic carbocycles. The van der Waals surface area contributed by atoms with Gasteiger partial charge >= 0.3 is 0 Å². The van der Waals surface area contributed by atoms with E-state index in [2.05, 4.69) is 51.9 Å². The predicted molar refractivity (Wildman–Crippen MR) is 139 cm³/mol. The topological polar surface area (TPSA) is 71.4 Å². The second-order valence-electron chi connectivity index (χ2n) is 8.35. The molecule has 1 fully saturated rings. The summed E-state index contributed by atoms with van der Waals surface area (Å²) in [5.41, 5.74) is 6.07. The van der Waals surface area contributed by atoms with Crippen LogP contribution in [0.2, 0.25) is 0 Å². The number of nitrogens with zero attached hydrogens (tertiary/aromatic N) is 3. The van der Waals surface area contributed by atoms with Crippen molar-refractivity contribution in [1.29, 1.82) is 0 Å². The minimum absolute atomic E-state index is 0.0653. The Labute approximate surface area is 206 Å². The highest BCUT2D eigenvalue weighted by Gasteiger charge is 2.42. The van der Waals surface area contributed by atoms with Gasteiger partial charge in [0.15, 0.2) is 5.11 Å². The van der Waals surface area contributed by atoms with E-state index in [1.807, 2.05) is 49.5 Å². The van der Waals surface area contributed by atoms with Crippen molar-refractivity contribution < 1.29 is 9.53 Å². The van der Waals surface area contributed by atoms with E-state index in [0.29, 0.717) is 23.0 Å². The maximum Gasteiger partial charge on any atom is 0.224 e. The lowest BCUT2D eigenvalue weighted by Crippen LogP contribution is -2.29. The molecule has 0 saturated carbocycles. The van der Waals surface area contributed by atoms with Crippen molar-refractivity contribution in [2.75, 3.05) is 17.3 Å². The standard InChI is InChI=1S/C26H31N5O2S/c1-6-23(32)28-20-12-11-18(15-22(20)33-5)31-25(19-14-16(3)30(7-2)17(19)4)24(29-26(31)34)21-10-8-9-13-27-21/h8-15,24-25H,6-7H2,1-5H3,(H,28,32)(H,29,34)/t24-,25-/m0/s1. The Morgan fingerprint density at radius 2 is 2.00 bits per heavy atom. The number of hydrogen-bond acceptors (Lipinski definition) is 4. The van der Waals surface area contributed by atoms with Crippen LogP contribution in [0.4, 0.5) is 11.4 Å². The zero-order valence-electron chi connectivity index (χ0n) is 20.3. The maximum absolute atomic E-state index is 12.0. The van der Waals surface area contributed by atoms with E-state index < -0.39 is 0 Å². The van der Waals surface area contributed by atoms with Crippen molar-refractivity contribution in [2.24, 2.45) is 0 Å². The summed E-state index contributed by atoms with van der Waals surface area (Å²) < 4.78 is 7.94. The SMILES string of the molecule is CCC(=O)Nc1ccc(N2C(=S)N[C@@H](c3ccccn3)[C@@H]2c2cc(C)n(CC)c2C)cc1OC. The Morgan fingerprint density at radius 1 is 1.21 bits per heavy atom. The second kappa shape index (κ2) is 9.85. The summed E-state index contributed by atoms with van der Waals surface area (Å²) in [5, 5.41) is 7.03. The lowest BCUT2D eigenvalue weighted by atomic mass is 9.96. The summed E-state index contributed by atoms with van der Waals surface area (Å²) in [7, 11) is 1.60. The van der Waals surface area contributed by atoms with Crippen LogP contribution < -0.4 is 20.3 Å². The van der Waals surface area contributed by atoms with E-state index in [4.69, 9.17) is 17.0 Å². The highest BCUT2D eigenvalue weighted by Crippen LogP contribution is 2.44. The van der Waals surface area contributed by atoms with Crippen LogP contribution in [-0.4, -0.2) is 27.7 Å². The summed E-state index contributed by atoms with van der Waals surface area (Å²) in [4.78, 5) is 18.7. The van der Waals surface area contributed by atoms with Crippen molar-refractivity contribution in [3.05, 3.63) is 71.3 Å². The molecule has 34 heavy (non-hydrogen) atoms. The minimum atomic E-state index is -0.120. The van der Waals surface area contributed by atoms with Gasteiger partial charge in [-0.1, -0.05) is 13.0 Å². The van der Waals surface area contributed by atoms with Crippen LogP contribution in [0.1, 0.15) is 55.0 Å². The summed E-state index contributed by atoms with van der Waals surface area (Å²) >= 11 is 5.86. The molecule has 1 saturated heterocycles. The second-order valence-corrected chi connectivity index (χ2v) is 8.74. The number of hydrogen-bond donors (Lipinski definition) is 2. The Morgan fingerprint density at radius 3 is 2.62 bits per heavy atom. The first-order valence-corrected chi connectivity index (χ1v) is 12.0. The smallest absolute Gasteiger partial charge is 0.224 e. The normalized spacial score (nSPS) is 17.6. The Balaban J connectivity index is 1.83. The number of carbonyl (C=O) groups excluding carboxylic acids is 1. The van der Waals surface area contributed by atoms with Gasteiger partial charge < -0.3 is 24.8 Å². The minimum Gasteiger partial charge on any atom is -0.494 e. The molecule has 3 heterocycles. The first-order valence-electron chi connectivity index (χ1n) is 11.5. The van der Waals surface area contributed by atoms with Crippen LogP contribution in [-0.2, 0) is 11.3 Å². The molecule has 0 spiro atoms. The van der Waals surface area contributed by atoms with Crippen LogP contribution in [0.25, 0.3) is 0 Å². The summed E-state index contributed by atoms with van der Waals surface area (Å²) in [6, 6.07) is 13.7. The van der Waals surface area contributed by atoms with Gasteiger partial charge in [-0.15, -0.1) is 0 Å². The predicted octanol–water partition coefficient (Wildman–Crippen LogP) is 5.05. The van der Waals surface area contributed by atoms with Crippen molar-refractivity contribution in [3.63, 3.8) is 0 Å². The molecule has 3 aromatic rings. The molecule has 178 valence electrons. The van der Waals surface area contributed by atoms with Crippen molar-refractivity contribution >= 4 is 34.6 Å². The molecule has 1 aliphatic rings. The van der Waals surface area contributed by atoms with Gasteiger partial charge in [0.25, 0.3) is 0 Å². The van der Waals surface area contributed by atoms with Gasteiger partial charge in [-0.2, -0.15) is 0 Å². The number of rotatable bonds is 7. The van der Waals surface area contributed by atoms with Gasteiger partial charge in [0.1, 0.15) is 5.75 Å². The molecule has 1 amide bonds. The molecule has 0 unspecified atom stereocenters. The molecular formula is C26H31N5O2S. The van der Waals surface area contributed by atoms with Crippen molar-refractivity contribution in [2.45, 2.75) is 52.7 Å². The third kappa shape index (κ3) is 4.25. The number of aromatic nitrogens is 2. The van der Waals surface area contributed by atoms with E-state index in [1.54, 1.807) is 7.11 Å². The van der Waals surface area contributed by atoms with Gasteiger partial charge in [0.2, 0.25) is 5.91 Å². The average Bonchev–Trinajstić information content (AvgIpc) is 3.34. The van der Waals surface area contributed by atoms with Crippen LogP contribution in [0.3, 0.4) is 0 Å². The Bertz CT molecular complexity index is 1210. The maximum atomic E-state index is 12.0. The number of carbonyl (C=O) groups is 1. The molecule has 0 bridgehead atoms. The zero-order valence-corrected chi connectivity index (χ0v) is 21.1. The number of ether oxygens (including phenoxy) is 1. The molecule has 4 rings (SSSR count). The number of methoxy groups -OCH3 is 1. The van der Waals surface area contributed by atoms with E-state index in [9.17, 15) is 4.79 Å². The van der Waals surface area contributed by atoms with E-state index in [-0.39, 0.29) is 18.0 Å². The number of amides is 1. The number of thiocarbonyl (C=S) groups is 1.